The standard InChI is InChI=1S/C15H15N3/c16-10-9-13-5-4-6-14(11-13)12-17-18-15-7-2-1-3-8-15/h1-8,11,17-18H,9,12H2. The van der Waals surface area contributed by atoms with E-state index in [-0.39, 0.29) is 0 Å². The molecule has 0 saturated heterocycles. The summed E-state index contributed by atoms with van der Waals surface area (Å²) in [7, 11) is 0. The summed E-state index contributed by atoms with van der Waals surface area (Å²) < 4.78 is 0. The first kappa shape index (κ1) is 12.2. The number of hydrogen-bond donors (Lipinski definition) is 2. The minimum atomic E-state index is 0.458. The molecule has 2 rings (SSSR count). The van der Waals surface area contributed by atoms with Crippen LogP contribution in [0.5, 0.6) is 0 Å². The van der Waals surface area contributed by atoms with E-state index >= 15 is 0 Å². The minimum Gasteiger partial charge on any atom is -0.321 e. The molecule has 0 spiro atoms. The van der Waals surface area contributed by atoms with Crippen LogP contribution < -0.4 is 10.9 Å². The van der Waals surface area contributed by atoms with Crippen LogP contribution in [0.1, 0.15) is 11.1 Å². The fourth-order valence-electron chi connectivity index (χ4n) is 1.71. The van der Waals surface area contributed by atoms with Gasteiger partial charge in [0.15, 0.2) is 0 Å². The summed E-state index contributed by atoms with van der Waals surface area (Å²) >= 11 is 0. The number of nitrogens with one attached hydrogen (secondary N) is 2. The predicted molar refractivity (Wildman–Crippen MR) is 72.7 cm³/mol. The molecule has 0 fully saturated rings. The van der Waals surface area contributed by atoms with Gasteiger partial charge in [0.05, 0.1) is 12.5 Å². The first-order valence-corrected chi connectivity index (χ1v) is 5.87. The fraction of sp³-hybridized carbons (Fsp3) is 0.133. The van der Waals surface area contributed by atoms with Gasteiger partial charge in [0.25, 0.3) is 0 Å². The van der Waals surface area contributed by atoms with Gasteiger partial charge in [-0.15, -0.1) is 0 Å². The van der Waals surface area contributed by atoms with Crippen LogP contribution in [0.3, 0.4) is 0 Å². The smallest absolute Gasteiger partial charge is 0.0669 e. The molecule has 0 atom stereocenters. The van der Waals surface area contributed by atoms with E-state index in [0.29, 0.717) is 13.0 Å². The summed E-state index contributed by atoms with van der Waals surface area (Å²) in [5, 5.41) is 8.66. The number of hydrazine groups is 1. The van der Waals surface area contributed by atoms with Crippen molar-refractivity contribution in [2.24, 2.45) is 0 Å². The van der Waals surface area contributed by atoms with Crippen molar-refractivity contribution in [3.8, 4) is 6.07 Å². The molecule has 3 nitrogen and oxygen atoms in total. The molecule has 2 aromatic carbocycles. The summed E-state index contributed by atoms with van der Waals surface area (Å²) in [6.07, 6.45) is 0.458. The summed E-state index contributed by atoms with van der Waals surface area (Å²) in [4.78, 5) is 0. The van der Waals surface area contributed by atoms with Crippen LogP contribution in [-0.4, -0.2) is 0 Å². The van der Waals surface area contributed by atoms with E-state index in [4.69, 9.17) is 5.26 Å². The molecule has 18 heavy (non-hydrogen) atoms. The molecule has 0 aliphatic rings. The van der Waals surface area contributed by atoms with Crippen molar-refractivity contribution in [1.82, 2.24) is 5.43 Å². The lowest BCUT2D eigenvalue weighted by atomic mass is 10.1. The van der Waals surface area contributed by atoms with Crippen molar-refractivity contribution in [1.29, 1.82) is 5.26 Å². The third kappa shape index (κ3) is 3.62. The van der Waals surface area contributed by atoms with E-state index in [9.17, 15) is 0 Å². The second kappa shape index (κ2) is 6.43. The molecule has 90 valence electrons. The quantitative estimate of drug-likeness (QED) is 0.786. The Bertz CT molecular complexity index is 529. The molecule has 3 heteroatoms. The Kier molecular flexibility index (Phi) is 4.34. The highest BCUT2D eigenvalue weighted by atomic mass is 15.3. The number of benzene rings is 2. The number of anilines is 1. The van der Waals surface area contributed by atoms with Crippen LogP contribution in [0.25, 0.3) is 0 Å². The van der Waals surface area contributed by atoms with Crippen LogP contribution in [-0.2, 0) is 13.0 Å². The van der Waals surface area contributed by atoms with E-state index in [1.54, 1.807) is 0 Å². The maximum atomic E-state index is 8.66. The van der Waals surface area contributed by atoms with Crippen molar-refractivity contribution >= 4 is 5.69 Å². The molecule has 0 saturated carbocycles. The number of rotatable bonds is 5. The van der Waals surface area contributed by atoms with E-state index in [0.717, 1.165) is 16.8 Å². The van der Waals surface area contributed by atoms with Gasteiger partial charge >= 0.3 is 0 Å². The van der Waals surface area contributed by atoms with Gasteiger partial charge in [0.1, 0.15) is 0 Å². The average Bonchev–Trinajstić information content (AvgIpc) is 2.41. The maximum absolute atomic E-state index is 8.66. The highest BCUT2D eigenvalue weighted by Gasteiger charge is 1.95. The van der Waals surface area contributed by atoms with Gasteiger partial charge in [-0.2, -0.15) is 5.26 Å². The molecule has 2 aromatic rings. The van der Waals surface area contributed by atoms with Crippen molar-refractivity contribution in [2.75, 3.05) is 5.43 Å². The third-order valence-corrected chi connectivity index (χ3v) is 2.57. The molecule has 0 aliphatic carbocycles. The fourth-order valence-corrected chi connectivity index (χ4v) is 1.71. The highest BCUT2D eigenvalue weighted by molar-refractivity contribution is 5.41. The topological polar surface area (TPSA) is 47.9 Å². The van der Waals surface area contributed by atoms with Crippen molar-refractivity contribution < 1.29 is 0 Å². The SMILES string of the molecule is N#CCc1cccc(CNNc2ccccc2)c1. The molecule has 0 aromatic heterocycles. The van der Waals surface area contributed by atoms with Gasteiger partial charge in [-0.1, -0.05) is 42.5 Å². The summed E-state index contributed by atoms with van der Waals surface area (Å²) in [6, 6.07) is 20.1. The van der Waals surface area contributed by atoms with Crippen molar-refractivity contribution in [3.63, 3.8) is 0 Å². The monoisotopic (exact) mass is 237 g/mol. The maximum Gasteiger partial charge on any atom is 0.0669 e. The van der Waals surface area contributed by atoms with E-state index < -0.39 is 0 Å². The van der Waals surface area contributed by atoms with Gasteiger partial charge in [0, 0.05) is 12.2 Å². The van der Waals surface area contributed by atoms with Gasteiger partial charge in [-0.3, -0.25) is 0 Å². The first-order valence-electron chi connectivity index (χ1n) is 5.87. The second-order valence-electron chi connectivity index (χ2n) is 4.00. The summed E-state index contributed by atoms with van der Waals surface area (Å²) in [6.45, 7) is 0.716. The molecular formula is C15H15N3. The average molecular weight is 237 g/mol. The minimum absolute atomic E-state index is 0.458. The van der Waals surface area contributed by atoms with Gasteiger partial charge in [0.2, 0.25) is 0 Å². The summed E-state index contributed by atoms with van der Waals surface area (Å²) in [5.74, 6) is 0. The molecular weight excluding hydrogens is 222 g/mol. The van der Waals surface area contributed by atoms with E-state index in [2.05, 4.69) is 16.9 Å². The Morgan fingerprint density at radius 2 is 1.72 bits per heavy atom. The molecule has 0 amide bonds. The zero-order valence-electron chi connectivity index (χ0n) is 10.1. The van der Waals surface area contributed by atoms with Crippen LogP contribution in [0.15, 0.2) is 54.6 Å². The number of para-hydroxylation sites is 1. The van der Waals surface area contributed by atoms with E-state index in [1.165, 1.54) is 0 Å². The van der Waals surface area contributed by atoms with Crippen LogP contribution in [0, 0.1) is 11.3 Å². The van der Waals surface area contributed by atoms with Gasteiger partial charge < -0.3 is 5.43 Å². The first-order chi connectivity index (χ1) is 8.88. The zero-order chi connectivity index (χ0) is 12.6. The Balaban J connectivity index is 1.87. The predicted octanol–water partition coefficient (Wildman–Crippen LogP) is 2.87. The molecule has 2 N–H and O–H groups in total. The molecule has 0 unspecified atom stereocenters. The van der Waals surface area contributed by atoms with E-state index in [1.807, 2.05) is 54.6 Å². The highest BCUT2D eigenvalue weighted by Crippen LogP contribution is 2.06. The van der Waals surface area contributed by atoms with Gasteiger partial charge in [-0.05, 0) is 23.3 Å². The molecule has 0 radical (unpaired) electrons. The number of nitriles is 1. The Morgan fingerprint density at radius 3 is 2.50 bits per heavy atom. The van der Waals surface area contributed by atoms with Crippen LogP contribution >= 0.6 is 0 Å². The number of nitrogens with zero attached hydrogens (tertiary/aromatic N) is 1. The normalized spacial score (nSPS) is 9.72. The molecule has 0 aliphatic heterocycles. The Morgan fingerprint density at radius 1 is 0.944 bits per heavy atom. The third-order valence-electron chi connectivity index (χ3n) is 2.57. The largest absolute Gasteiger partial charge is 0.321 e. The zero-order valence-corrected chi connectivity index (χ0v) is 10.1. The van der Waals surface area contributed by atoms with Gasteiger partial charge in [-0.25, -0.2) is 5.43 Å². The number of hydrogen-bond acceptors (Lipinski definition) is 3. The summed E-state index contributed by atoms with van der Waals surface area (Å²) in [5.41, 5.74) is 9.53. The molecule has 0 heterocycles. The van der Waals surface area contributed by atoms with Crippen molar-refractivity contribution in [2.45, 2.75) is 13.0 Å². The Hall–Kier alpha value is -2.31. The van der Waals surface area contributed by atoms with Crippen LogP contribution in [0.2, 0.25) is 0 Å². The Labute approximate surface area is 107 Å². The second-order valence-corrected chi connectivity index (χ2v) is 4.00. The lowest BCUT2D eigenvalue weighted by Crippen LogP contribution is -2.20. The lowest BCUT2D eigenvalue weighted by Gasteiger charge is -2.08. The van der Waals surface area contributed by atoms with Crippen LogP contribution in [0.4, 0.5) is 5.69 Å². The van der Waals surface area contributed by atoms with Crippen molar-refractivity contribution in [3.05, 3.63) is 65.7 Å². The molecule has 0 bridgehead atoms. The lowest BCUT2D eigenvalue weighted by molar-refractivity contribution is 0.800.